The molecule has 0 aliphatic rings. The number of aromatic nitrogens is 2. The molecule has 1 atom stereocenters. The summed E-state index contributed by atoms with van der Waals surface area (Å²) in [5.41, 5.74) is 5.87. The number of aryl methyl sites for hydroxylation is 1. The summed E-state index contributed by atoms with van der Waals surface area (Å²) in [5, 5.41) is 6.39. The van der Waals surface area contributed by atoms with E-state index >= 15 is 0 Å². The SMILES string of the molecule is CC(CS(C)(=O)=O)NC(=O)c1cnn(C)c1N. The number of anilines is 1. The molecule has 0 saturated heterocycles. The predicted octanol–water partition coefficient (Wildman–Crippen LogP) is -0.835. The molecule has 0 fully saturated rings. The van der Waals surface area contributed by atoms with Gasteiger partial charge in [0.25, 0.3) is 5.91 Å². The number of nitrogens with zero attached hydrogens (tertiary/aromatic N) is 2. The van der Waals surface area contributed by atoms with Crippen LogP contribution in [0.3, 0.4) is 0 Å². The van der Waals surface area contributed by atoms with E-state index in [1.807, 2.05) is 0 Å². The number of nitrogens with one attached hydrogen (secondary N) is 1. The molecule has 17 heavy (non-hydrogen) atoms. The fourth-order valence-corrected chi connectivity index (χ4v) is 2.41. The number of carbonyl (C=O) groups excluding carboxylic acids is 1. The quantitative estimate of drug-likeness (QED) is 0.734. The lowest BCUT2D eigenvalue weighted by atomic mass is 10.3. The Morgan fingerprint density at radius 3 is 2.65 bits per heavy atom. The van der Waals surface area contributed by atoms with Gasteiger partial charge in [0.15, 0.2) is 0 Å². The number of hydrogen-bond donors (Lipinski definition) is 2. The maximum atomic E-state index is 11.7. The highest BCUT2D eigenvalue weighted by molar-refractivity contribution is 7.90. The smallest absolute Gasteiger partial charge is 0.256 e. The van der Waals surface area contributed by atoms with Gasteiger partial charge in [-0.25, -0.2) is 8.42 Å². The fraction of sp³-hybridized carbons (Fsp3) is 0.556. The van der Waals surface area contributed by atoms with Crippen molar-refractivity contribution in [2.24, 2.45) is 7.05 Å². The van der Waals surface area contributed by atoms with Crippen LogP contribution >= 0.6 is 0 Å². The number of nitrogen functional groups attached to an aromatic ring is 1. The number of sulfone groups is 1. The van der Waals surface area contributed by atoms with Gasteiger partial charge in [0.05, 0.1) is 11.9 Å². The van der Waals surface area contributed by atoms with Gasteiger partial charge in [0.2, 0.25) is 0 Å². The Morgan fingerprint density at radius 2 is 2.24 bits per heavy atom. The average Bonchev–Trinajstić information content (AvgIpc) is 2.44. The molecule has 1 heterocycles. The van der Waals surface area contributed by atoms with Gasteiger partial charge < -0.3 is 11.1 Å². The van der Waals surface area contributed by atoms with Gasteiger partial charge in [0, 0.05) is 19.3 Å². The van der Waals surface area contributed by atoms with E-state index in [0.29, 0.717) is 0 Å². The molecular formula is C9H16N4O3S. The molecule has 96 valence electrons. The van der Waals surface area contributed by atoms with E-state index < -0.39 is 21.8 Å². The van der Waals surface area contributed by atoms with E-state index in [-0.39, 0.29) is 17.1 Å². The van der Waals surface area contributed by atoms with Crippen molar-refractivity contribution in [1.82, 2.24) is 15.1 Å². The molecule has 0 aromatic carbocycles. The van der Waals surface area contributed by atoms with Crippen molar-refractivity contribution in [1.29, 1.82) is 0 Å². The van der Waals surface area contributed by atoms with E-state index in [2.05, 4.69) is 10.4 Å². The van der Waals surface area contributed by atoms with Gasteiger partial charge in [-0.2, -0.15) is 5.10 Å². The first kappa shape index (κ1) is 13.5. The van der Waals surface area contributed by atoms with Gasteiger partial charge in [-0.3, -0.25) is 9.48 Å². The molecule has 1 rings (SSSR count). The van der Waals surface area contributed by atoms with Crippen molar-refractivity contribution in [3.8, 4) is 0 Å². The Hall–Kier alpha value is -1.57. The van der Waals surface area contributed by atoms with E-state index in [1.54, 1.807) is 14.0 Å². The Balaban J connectivity index is 2.70. The van der Waals surface area contributed by atoms with Crippen molar-refractivity contribution in [3.63, 3.8) is 0 Å². The number of hydrogen-bond acceptors (Lipinski definition) is 5. The predicted molar refractivity (Wildman–Crippen MR) is 64.3 cm³/mol. The van der Waals surface area contributed by atoms with Gasteiger partial charge in [-0.1, -0.05) is 0 Å². The second-order valence-electron chi connectivity index (χ2n) is 4.03. The molecule has 7 nitrogen and oxygen atoms in total. The van der Waals surface area contributed by atoms with Crippen LogP contribution in [0.5, 0.6) is 0 Å². The molecule has 1 amide bonds. The molecule has 0 radical (unpaired) electrons. The average molecular weight is 260 g/mol. The minimum Gasteiger partial charge on any atom is -0.383 e. The van der Waals surface area contributed by atoms with E-state index in [1.165, 1.54) is 10.9 Å². The maximum Gasteiger partial charge on any atom is 0.256 e. The second-order valence-corrected chi connectivity index (χ2v) is 6.22. The normalized spacial score (nSPS) is 13.4. The Morgan fingerprint density at radius 1 is 1.65 bits per heavy atom. The van der Waals surface area contributed by atoms with Gasteiger partial charge in [-0.05, 0) is 6.92 Å². The van der Waals surface area contributed by atoms with Crippen molar-refractivity contribution in [2.75, 3.05) is 17.7 Å². The Kier molecular flexibility index (Phi) is 3.76. The summed E-state index contributed by atoms with van der Waals surface area (Å²) in [5.74, 6) is -0.292. The number of carbonyl (C=O) groups is 1. The van der Waals surface area contributed by atoms with Crippen molar-refractivity contribution in [2.45, 2.75) is 13.0 Å². The molecule has 3 N–H and O–H groups in total. The van der Waals surface area contributed by atoms with Crippen LogP contribution in [-0.2, 0) is 16.9 Å². The zero-order chi connectivity index (χ0) is 13.2. The molecule has 1 aromatic heterocycles. The largest absolute Gasteiger partial charge is 0.383 e. The number of amides is 1. The number of nitrogens with two attached hydrogens (primary N) is 1. The van der Waals surface area contributed by atoms with Crippen LogP contribution in [0, 0.1) is 0 Å². The van der Waals surface area contributed by atoms with Crippen molar-refractivity contribution >= 4 is 21.6 Å². The van der Waals surface area contributed by atoms with Gasteiger partial charge >= 0.3 is 0 Å². The van der Waals surface area contributed by atoms with Crippen molar-refractivity contribution in [3.05, 3.63) is 11.8 Å². The minimum atomic E-state index is -3.12. The molecule has 1 unspecified atom stereocenters. The summed E-state index contributed by atoms with van der Waals surface area (Å²) in [6.07, 6.45) is 2.46. The van der Waals surface area contributed by atoms with Crippen LogP contribution in [-0.4, -0.2) is 42.2 Å². The van der Waals surface area contributed by atoms with Crippen LogP contribution in [0.1, 0.15) is 17.3 Å². The first-order valence-corrected chi connectivity index (χ1v) is 7.03. The van der Waals surface area contributed by atoms with Gasteiger partial charge in [0.1, 0.15) is 21.2 Å². The number of rotatable bonds is 4. The molecule has 0 aliphatic heterocycles. The zero-order valence-electron chi connectivity index (χ0n) is 9.97. The van der Waals surface area contributed by atoms with E-state index in [9.17, 15) is 13.2 Å². The zero-order valence-corrected chi connectivity index (χ0v) is 10.8. The van der Waals surface area contributed by atoms with Crippen LogP contribution < -0.4 is 11.1 Å². The highest BCUT2D eigenvalue weighted by atomic mass is 32.2. The lowest BCUT2D eigenvalue weighted by Crippen LogP contribution is -2.37. The van der Waals surface area contributed by atoms with Crippen LogP contribution in [0.2, 0.25) is 0 Å². The summed E-state index contributed by atoms with van der Waals surface area (Å²) >= 11 is 0. The van der Waals surface area contributed by atoms with E-state index in [0.717, 1.165) is 6.26 Å². The second kappa shape index (κ2) is 4.74. The third-order valence-corrected chi connectivity index (χ3v) is 3.26. The first-order valence-electron chi connectivity index (χ1n) is 4.97. The Bertz CT molecular complexity index is 520. The van der Waals surface area contributed by atoms with Crippen LogP contribution in [0.15, 0.2) is 6.20 Å². The Labute approximate surface area is 99.9 Å². The van der Waals surface area contributed by atoms with Crippen molar-refractivity contribution < 1.29 is 13.2 Å². The first-order chi connectivity index (χ1) is 7.70. The monoisotopic (exact) mass is 260 g/mol. The molecule has 0 spiro atoms. The topological polar surface area (TPSA) is 107 Å². The van der Waals surface area contributed by atoms with Crippen LogP contribution in [0.25, 0.3) is 0 Å². The molecule has 0 bridgehead atoms. The standard InChI is InChI=1S/C9H16N4O3S/c1-6(5-17(3,15)16)12-9(14)7-4-11-13(2)8(7)10/h4,6H,5,10H2,1-3H3,(H,12,14). The molecule has 0 aliphatic carbocycles. The summed E-state index contributed by atoms with van der Waals surface area (Å²) in [4.78, 5) is 11.7. The minimum absolute atomic E-state index is 0.112. The lowest BCUT2D eigenvalue weighted by molar-refractivity contribution is 0.0944. The highest BCUT2D eigenvalue weighted by Gasteiger charge is 2.17. The lowest BCUT2D eigenvalue weighted by Gasteiger charge is -2.12. The summed E-state index contributed by atoms with van der Waals surface area (Å²) in [6, 6.07) is -0.475. The third-order valence-electron chi connectivity index (χ3n) is 2.16. The molecule has 8 heteroatoms. The summed E-state index contributed by atoms with van der Waals surface area (Å²) in [7, 11) is -1.51. The van der Waals surface area contributed by atoms with E-state index in [4.69, 9.17) is 5.73 Å². The molecular weight excluding hydrogens is 244 g/mol. The summed E-state index contributed by atoms with van der Waals surface area (Å²) in [6.45, 7) is 1.62. The maximum absolute atomic E-state index is 11.7. The highest BCUT2D eigenvalue weighted by Crippen LogP contribution is 2.09. The molecule has 0 saturated carbocycles. The fourth-order valence-electron chi connectivity index (χ4n) is 1.42. The van der Waals surface area contributed by atoms with Crippen LogP contribution in [0.4, 0.5) is 5.82 Å². The van der Waals surface area contributed by atoms with Gasteiger partial charge in [-0.15, -0.1) is 0 Å². The molecule has 1 aromatic rings. The third kappa shape index (κ3) is 3.74. The summed E-state index contributed by atoms with van der Waals surface area (Å²) < 4.78 is 23.4.